The molecule has 0 aliphatic carbocycles. The van der Waals surface area contributed by atoms with Crippen molar-refractivity contribution in [1.82, 2.24) is 14.9 Å². The molecule has 2 aromatic heterocycles. The van der Waals surface area contributed by atoms with E-state index in [1.54, 1.807) is 0 Å². The average Bonchev–Trinajstić information content (AvgIpc) is 2.96. The number of aromatic nitrogens is 2. The molecule has 0 aromatic carbocycles. The highest BCUT2D eigenvalue weighted by molar-refractivity contribution is 5.13. The molecule has 0 saturated carbocycles. The minimum atomic E-state index is 0.490. The minimum absolute atomic E-state index is 0.490. The number of hydrogen-bond donors (Lipinski definition) is 1. The first-order chi connectivity index (χ1) is 8.69. The molecule has 0 aliphatic heterocycles. The van der Waals surface area contributed by atoms with Gasteiger partial charge < -0.3 is 14.3 Å². The van der Waals surface area contributed by atoms with Crippen LogP contribution in [0.4, 0.5) is 0 Å². The van der Waals surface area contributed by atoms with Gasteiger partial charge in [0.2, 0.25) is 0 Å². The Morgan fingerprint density at radius 3 is 3.00 bits per heavy atom. The van der Waals surface area contributed by atoms with Gasteiger partial charge in [-0.3, -0.25) is 0 Å². The molecule has 0 radical (unpaired) electrons. The molecule has 98 valence electrons. The quantitative estimate of drug-likeness (QED) is 0.853. The zero-order valence-corrected chi connectivity index (χ0v) is 11.3. The standard InChI is InChI=1S/C14H21N3O/c1-4-14-15-5-6-17(14)9-13-7-12(10-18-13)8-16-11(2)3/h5-7,10-11,16H,4,8-9H2,1-3H3. The fourth-order valence-electron chi connectivity index (χ4n) is 1.89. The van der Waals surface area contributed by atoms with Crippen LogP contribution in [0.25, 0.3) is 0 Å². The minimum Gasteiger partial charge on any atom is -0.467 e. The Hall–Kier alpha value is -1.55. The molecule has 1 N–H and O–H groups in total. The maximum Gasteiger partial charge on any atom is 0.123 e. The Morgan fingerprint density at radius 1 is 1.44 bits per heavy atom. The predicted molar refractivity (Wildman–Crippen MR) is 71.4 cm³/mol. The van der Waals surface area contributed by atoms with Crippen molar-refractivity contribution in [3.05, 3.63) is 41.9 Å². The van der Waals surface area contributed by atoms with Crippen LogP contribution in [-0.2, 0) is 19.5 Å². The van der Waals surface area contributed by atoms with Gasteiger partial charge in [0.15, 0.2) is 0 Å². The van der Waals surface area contributed by atoms with Gasteiger partial charge in [0.1, 0.15) is 11.6 Å². The van der Waals surface area contributed by atoms with E-state index in [0.717, 1.165) is 31.1 Å². The third-order valence-electron chi connectivity index (χ3n) is 2.87. The van der Waals surface area contributed by atoms with Crippen molar-refractivity contribution in [3.8, 4) is 0 Å². The topological polar surface area (TPSA) is 43.0 Å². The lowest BCUT2D eigenvalue weighted by atomic mass is 10.3. The smallest absolute Gasteiger partial charge is 0.123 e. The molecule has 0 amide bonds. The van der Waals surface area contributed by atoms with Crippen LogP contribution in [-0.4, -0.2) is 15.6 Å². The molecule has 18 heavy (non-hydrogen) atoms. The van der Waals surface area contributed by atoms with E-state index in [2.05, 4.69) is 41.7 Å². The number of imidazole rings is 1. The second kappa shape index (κ2) is 5.87. The summed E-state index contributed by atoms with van der Waals surface area (Å²) in [6.07, 6.45) is 6.60. The van der Waals surface area contributed by atoms with Crippen LogP contribution in [0.5, 0.6) is 0 Å². The third-order valence-corrected chi connectivity index (χ3v) is 2.87. The molecular weight excluding hydrogens is 226 g/mol. The lowest BCUT2D eigenvalue weighted by Crippen LogP contribution is -2.21. The maximum atomic E-state index is 5.58. The van der Waals surface area contributed by atoms with Gasteiger partial charge in [-0.25, -0.2) is 4.98 Å². The molecule has 0 spiro atoms. The summed E-state index contributed by atoms with van der Waals surface area (Å²) in [4.78, 5) is 4.31. The van der Waals surface area contributed by atoms with E-state index in [1.807, 2.05) is 18.7 Å². The average molecular weight is 247 g/mol. The van der Waals surface area contributed by atoms with Gasteiger partial charge in [-0.05, 0) is 6.07 Å². The van der Waals surface area contributed by atoms with Crippen molar-refractivity contribution >= 4 is 0 Å². The molecule has 2 rings (SSSR count). The van der Waals surface area contributed by atoms with E-state index in [9.17, 15) is 0 Å². The summed E-state index contributed by atoms with van der Waals surface area (Å²) in [5, 5.41) is 3.38. The van der Waals surface area contributed by atoms with E-state index in [4.69, 9.17) is 4.42 Å². The van der Waals surface area contributed by atoms with E-state index < -0.39 is 0 Å². The Morgan fingerprint density at radius 2 is 2.28 bits per heavy atom. The van der Waals surface area contributed by atoms with Crippen molar-refractivity contribution in [1.29, 1.82) is 0 Å². The summed E-state index contributed by atoms with van der Waals surface area (Å²) in [5.41, 5.74) is 1.19. The number of nitrogens with one attached hydrogen (secondary N) is 1. The Bertz CT molecular complexity index is 485. The summed E-state index contributed by atoms with van der Waals surface area (Å²) < 4.78 is 7.70. The van der Waals surface area contributed by atoms with Crippen LogP contribution in [0.15, 0.2) is 29.1 Å². The highest BCUT2D eigenvalue weighted by Gasteiger charge is 2.06. The normalized spacial score (nSPS) is 11.3. The number of aryl methyl sites for hydroxylation is 1. The van der Waals surface area contributed by atoms with Crippen LogP contribution in [0.2, 0.25) is 0 Å². The van der Waals surface area contributed by atoms with Crippen LogP contribution >= 0.6 is 0 Å². The van der Waals surface area contributed by atoms with Crippen LogP contribution < -0.4 is 5.32 Å². The highest BCUT2D eigenvalue weighted by Crippen LogP contribution is 2.11. The summed E-state index contributed by atoms with van der Waals surface area (Å²) in [6.45, 7) is 8.00. The Labute approximate surface area is 108 Å². The molecule has 0 fully saturated rings. The summed E-state index contributed by atoms with van der Waals surface area (Å²) in [7, 11) is 0. The van der Waals surface area contributed by atoms with Crippen LogP contribution in [0.3, 0.4) is 0 Å². The summed E-state index contributed by atoms with van der Waals surface area (Å²) in [5.74, 6) is 2.07. The van der Waals surface area contributed by atoms with E-state index in [0.29, 0.717) is 6.04 Å². The lowest BCUT2D eigenvalue weighted by Gasteiger charge is -2.05. The Balaban J connectivity index is 1.98. The first-order valence-corrected chi connectivity index (χ1v) is 6.48. The second-order valence-electron chi connectivity index (χ2n) is 4.78. The van der Waals surface area contributed by atoms with Gasteiger partial charge in [0.05, 0.1) is 12.8 Å². The molecule has 0 saturated heterocycles. The molecule has 2 heterocycles. The fourth-order valence-corrected chi connectivity index (χ4v) is 1.89. The number of rotatable bonds is 6. The maximum absolute atomic E-state index is 5.58. The van der Waals surface area contributed by atoms with Crippen molar-refractivity contribution < 1.29 is 4.42 Å². The number of hydrogen-bond acceptors (Lipinski definition) is 3. The SMILES string of the molecule is CCc1nccn1Cc1cc(CNC(C)C)co1. The van der Waals surface area contributed by atoms with Gasteiger partial charge in [-0.15, -0.1) is 0 Å². The van der Waals surface area contributed by atoms with Crippen LogP contribution in [0, 0.1) is 0 Å². The molecule has 0 bridgehead atoms. The van der Waals surface area contributed by atoms with Gasteiger partial charge >= 0.3 is 0 Å². The van der Waals surface area contributed by atoms with Gasteiger partial charge in [-0.2, -0.15) is 0 Å². The van der Waals surface area contributed by atoms with Crippen LogP contribution in [0.1, 0.15) is 37.9 Å². The number of nitrogens with zero attached hydrogens (tertiary/aromatic N) is 2. The second-order valence-corrected chi connectivity index (χ2v) is 4.78. The van der Waals surface area contributed by atoms with Crippen molar-refractivity contribution in [2.45, 2.75) is 46.3 Å². The molecule has 0 aliphatic rings. The molecule has 0 atom stereocenters. The molecule has 4 heteroatoms. The highest BCUT2D eigenvalue weighted by atomic mass is 16.3. The Kier molecular flexibility index (Phi) is 4.20. The van der Waals surface area contributed by atoms with E-state index >= 15 is 0 Å². The van der Waals surface area contributed by atoms with E-state index in [-0.39, 0.29) is 0 Å². The van der Waals surface area contributed by atoms with Gasteiger partial charge in [0, 0.05) is 37.0 Å². The van der Waals surface area contributed by atoms with Crippen molar-refractivity contribution in [2.24, 2.45) is 0 Å². The molecular formula is C14H21N3O. The summed E-state index contributed by atoms with van der Waals surface area (Å²) in [6, 6.07) is 2.60. The monoisotopic (exact) mass is 247 g/mol. The fraction of sp³-hybridized carbons (Fsp3) is 0.500. The van der Waals surface area contributed by atoms with Crippen molar-refractivity contribution in [3.63, 3.8) is 0 Å². The molecule has 4 nitrogen and oxygen atoms in total. The first kappa shape index (κ1) is 12.9. The molecule has 2 aromatic rings. The molecule has 0 unspecified atom stereocenters. The zero-order valence-electron chi connectivity index (χ0n) is 11.3. The largest absolute Gasteiger partial charge is 0.467 e. The summed E-state index contributed by atoms with van der Waals surface area (Å²) >= 11 is 0. The first-order valence-electron chi connectivity index (χ1n) is 6.48. The lowest BCUT2D eigenvalue weighted by molar-refractivity contribution is 0.486. The third kappa shape index (κ3) is 3.23. The number of furan rings is 1. The van der Waals surface area contributed by atoms with Crippen molar-refractivity contribution in [2.75, 3.05) is 0 Å². The van der Waals surface area contributed by atoms with E-state index in [1.165, 1.54) is 5.56 Å². The zero-order chi connectivity index (χ0) is 13.0. The van der Waals surface area contributed by atoms with Gasteiger partial charge in [-0.1, -0.05) is 20.8 Å². The van der Waals surface area contributed by atoms with Gasteiger partial charge in [0.25, 0.3) is 0 Å². The predicted octanol–water partition coefficient (Wildman–Crippen LogP) is 2.58.